The van der Waals surface area contributed by atoms with Gasteiger partial charge in [-0.05, 0) is 12.1 Å². The molecular weight excluding hydrogens is 212 g/mol. The summed E-state index contributed by atoms with van der Waals surface area (Å²) in [5, 5.41) is 6.67. The number of rotatable bonds is 1. The molecule has 0 saturated heterocycles. The molecule has 3 aromatic rings. The van der Waals surface area contributed by atoms with E-state index in [4.69, 9.17) is 16.7 Å². The average molecular weight is 218 g/mol. The summed E-state index contributed by atoms with van der Waals surface area (Å²) in [6.07, 6.45) is 3.43. The quantitative estimate of drug-likeness (QED) is 0.635. The van der Waals surface area contributed by atoms with Gasteiger partial charge in [-0.3, -0.25) is 9.61 Å². The number of hydrogen-bond acceptors (Lipinski definition) is 4. The van der Waals surface area contributed by atoms with Gasteiger partial charge in [-0.25, -0.2) is 4.98 Å². The number of H-pyrrole nitrogens is 1. The van der Waals surface area contributed by atoms with Gasteiger partial charge in [0.05, 0.1) is 11.7 Å². The number of hydrogen-bond donors (Lipinski definition) is 1. The number of aromatic amines is 1. The van der Waals surface area contributed by atoms with Crippen LogP contribution in [-0.4, -0.2) is 19.8 Å². The number of nitrogens with one attached hydrogen (secondary N) is 1. The highest BCUT2D eigenvalue weighted by atomic mass is 32.1. The highest BCUT2D eigenvalue weighted by Gasteiger charge is 2.06. The van der Waals surface area contributed by atoms with Crippen LogP contribution in [0.4, 0.5) is 0 Å². The van der Waals surface area contributed by atoms with Crippen molar-refractivity contribution in [1.29, 1.82) is 0 Å². The molecule has 15 heavy (non-hydrogen) atoms. The Morgan fingerprint density at radius 1 is 1.40 bits per heavy atom. The van der Waals surface area contributed by atoms with E-state index in [1.54, 1.807) is 16.8 Å². The van der Waals surface area contributed by atoms with Gasteiger partial charge < -0.3 is 4.52 Å². The summed E-state index contributed by atoms with van der Waals surface area (Å²) in [6, 6.07) is 5.52. The molecule has 0 spiro atoms. The van der Waals surface area contributed by atoms with E-state index in [9.17, 15) is 0 Å². The van der Waals surface area contributed by atoms with Gasteiger partial charge in [0, 0.05) is 12.3 Å². The highest BCUT2D eigenvalue weighted by molar-refractivity contribution is 7.71. The van der Waals surface area contributed by atoms with Crippen molar-refractivity contribution in [1.82, 2.24) is 19.8 Å². The van der Waals surface area contributed by atoms with Crippen molar-refractivity contribution in [2.75, 3.05) is 0 Å². The van der Waals surface area contributed by atoms with Crippen LogP contribution in [0.5, 0.6) is 0 Å². The summed E-state index contributed by atoms with van der Waals surface area (Å²) in [5.74, 6) is 1.14. The minimum absolute atomic E-state index is 0.533. The van der Waals surface area contributed by atoms with Crippen molar-refractivity contribution >= 4 is 17.7 Å². The molecule has 0 unspecified atom stereocenters. The first kappa shape index (κ1) is 8.37. The molecule has 3 aromatic heterocycles. The topological polar surface area (TPSA) is 59.1 Å². The predicted octanol–water partition coefficient (Wildman–Crippen LogP) is 2.05. The largest absolute Gasteiger partial charge is 0.353 e. The lowest BCUT2D eigenvalue weighted by atomic mass is 10.4. The Labute approximate surface area is 89.3 Å². The molecule has 0 aromatic carbocycles. The van der Waals surface area contributed by atoms with E-state index in [1.807, 2.05) is 18.3 Å². The van der Waals surface area contributed by atoms with Crippen LogP contribution in [0, 0.1) is 4.64 Å². The molecule has 0 saturated carbocycles. The third-order valence-electron chi connectivity index (χ3n) is 2.08. The normalized spacial score (nSPS) is 10.9. The van der Waals surface area contributed by atoms with E-state index in [2.05, 4.69) is 15.2 Å². The van der Waals surface area contributed by atoms with Crippen molar-refractivity contribution in [2.24, 2.45) is 0 Å². The summed E-state index contributed by atoms with van der Waals surface area (Å²) in [5.41, 5.74) is 0.869. The Morgan fingerprint density at radius 3 is 3.13 bits per heavy atom. The zero-order chi connectivity index (χ0) is 10.3. The lowest BCUT2D eigenvalue weighted by Gasteiger charge is -1.99. The number of aromatic nitrogens is 4. The Hall–Kier alpha value is -1.95. The van der Waals surface area contributed by atoms with Crippen LogP contribution in [0.25, 0.3) is 17.1 Å². The second-order valence-corrected chi connectivity index (χ2v) is 3.40. The maximum absolute atomic E-state index is 5.15. The SMILES string of the molecule is S=c1nc(-c2ccno2)[nH]n2cccc12. The Balaban J connectivity index is 2.34. The maximum atomic E-state index is 5.15. The minimum Gasteiger partial charge on any atom is -0.353 e. The lowest BCUT2D eigenvalue weighted by Crippen LogP contribution is -1.96. The zero-order valence-corrected chi connectivity index (χ0v) is 8.36. The van der Waals surface area contributed by atoms with E-state index >= 15 is 0 Å². The van der Waals surface area contributed by atoms with Crippen LogP contribution in [0.1, 0.15) is 0 Å². The summed E-state index contributed by atoms with van der Waals surface area (Å²) in [6.45, 7) is 0. The lowest BCUT2D eigenvalue weighted by molar-refractivity contribution is 0.428. The van der Waals surface area contributed by atoms with Crippen LogP contribution in [0.3, 0.4) is 0 Å². The standard InChI is InChI=1S/C9H6N4OS/c15-9-6-2-1-5-13(6)12-8(11-9)7-3-4-10-14-7/h1-5H,(H,11,12,15). The molecule has 3 heterocycles. The summed E-state index contributed by atoms with van der Waals surface area (Å²) in [7, 11) is 0. The van der Waals surface area contributed by atoms with Crippen LogP contribution in [0.2, 0.25) is 0 Å². The molecular formula is C9H6N4OS. The third-order valence-corrected chi connectivity index (χ3v) is 2.38. The van der Waals surface area contributed by atoms with E-state index in [-0.39, 0.29) is 0 Å². The molecule has 0 aliphatic rings. The molecule has 0 amide bonds. The molecule has 0 fully saturated rings. The summed E-state index contributed by atoms with van der Waals surface area (Å²) < 4.78 is 7.33. The van der Waals surface area contributed by atoms with E-state index in [1.165, 1.54) is 0 Å². The van der Waals surface area contributed by atoms with Gasteiger partial charge >= 0.3 is 0 Å². The summed E-state index contributed by atoms with van der Waals surface area (Å²) in [4.78, 5) is 4.22. The van der Waals surface area contributed by atoms with Crippen molar-refractivity contribution < 1.29 is 4.52 Å². The van der Waals surface area contributed by atoms with Gasteiger partial charge in [0.15, 0.2) is 10.5 Å². The molecule has 0 bridgehead atoms. The van der Waals surface area contributed by atoms with Gasteiger partial charge in [0.25, 0.3) is 0 Å². The Bertz CT molecular complexity index is 652. The number of fused-ring (bicyclic) bond motifs is 1. The van der Waals surface area contributed by atoms with E-state index in [0.29, 0.717) is 16.2 Å². The predicted molar refractivity (Wildman–Crippen MR) is 55.9 cm³/mol. The molecule has 74 valence electrons. The smallest absolute Gasteiger partial charge is 0.203 e. The average Bonchev–Trinajstić information content (AvgIpc) is 2.88. The molecule has 0 aliphatic carbocycles. The molecule has 5 nitrogen and oxygen atoms in total. The molecule has 0 aliphatic heterocycles. The highest BCUT2D eigenvalue weighted by Crippen LogP contribution is 2.14. The molecule has 1 N–H and O–H groups in total. The van der Waals surface area contributed by atoms with Crippen molar-refractivity contribution in [3.63, 3.8) is 0 Å². The van der Waals surface area contributed by atoms with Gasteiger partial charge in [0.1, 0.15) is 0 Å². The van der Waals surface area contributed by atoms with Gasteiger partial charge in [-0.2, -0.15) is 0 Å². The monoisotopic (exact) mass is 218 g/mol. The van der Waals surface area contributed by atoms with Gasteiger partial charge in [0.2, 0.25) is 5.76 Å². The molecule has 6 heteroatoms. The van der Waals surface area contributed by atoms with Crippen LogP contribution in [-0.2, 0) is 0 Å². The Morgan fingerprint density at radius 2 is 2.33 bits per heavy atom. The first-order valence-electron chi connectivity index (χ1n) is 4.33. The molecule has 0 radical (unpaired) electrons. The summed E-state index contributed by atoms with van der Waals surface area (Å²) >= 11 is 5.15. The van der Waals surface area contributed by atoms with Crippen molar-refractivity contribution in [2.45, 2.75) is 0 Å². The van der Waals surface area contributed by atoms with Crippen LogP contribution in [0.15, 0.2) is 35.1 Å². The minimum atomic E-state index is 0.533. The van der Waals surface area contributed by atoms with Gasteiger partial charge in [-0.15, -0.1) is 0 Å². The van der Waals surface area contributed by atoms with Crippen molar-refractivity contribution in [3.05, 3.63) is 35.2 Å². The van der Waals surface area contributed by atoms with E-state index in [0.717, 1.165) is 5.52 Å². The Kier molecular flexibility index (Phi) is 1.69. The van der Waals surface area contributed by atoms with Crippen LogP contribution >= 0.6 is 12.2 Å². The second-order valence-electron chi connectivity index (χ2n) is 3.02. The fourth-order valence-corrected chi connectivity index (χ4v) is 1.66. The molecule has 3 rings (SSSR count). The second kappa shape index (κ2) is 3.03. The number of nitrogens with zero attached hydrogens (tertiary/aromatic N) is 3. The fourth-order valence-electron chi connectivity index (χ4n) is 1.40. The third kappa shape index (κ3) is 1.26. The van der Waals surface area contributed by atoms with Crippen molar-refractivity contribution in [3.8, 4) is 11.6 Å². The van der Waals surface area contributed by atoms with Crippen LogP contribution < -0.4 is 0 Å². The first-order valence-corrected chi connectivity index (χ1v) is 4.74. The first-order chi connectivity index (χ1) is 7.34. The molecule has 0 atom stereocenters. The maximum Gasteiger partial charge on any atom is 0.203 e. The zero-order valence-electron chi connectivity index (χ0n) is 7.54. The van der Waals surface area contributed by atoms with Gasteiger partial charge in [-0.1, -0.05) is 17.4 Å². The van der Waals surface area contributed by atoms with E-state index < -0.39 is 0 Å². The fraction of sp³-hybridized carbons (Fsp3) is 0.